The molecule has 1 fully saturated rings. The van der Waals surface area contributed by atoms with Crippen LogP contribution in [0.2, 0.25) is 5.02 Å². The second-order valence-corrected chi connectivity index (χ2v) is 5.85. The van der Waals surface area contributed by atoms with E-state index in [4.69, 9.17) is 16.3 Å². The Labute approximate surface area is 120 Å². The van der Waals surface area contributed by atoms with Gasteiger partial charge in [0.1, 0.15) is 0 Å². The highest BCUT2D eigenvalue weighted by molar-refractivity contribution is 6.31. The van der Waals surface area contributed by atoms with Gasteiger partial charge in [0.15, 0.2) is 0 Å². The Morgan fingerprint density at radius 1 is 1.47 bits per heavy atom. The molecule has 0 aromatic carbocycles. The molecule has 2 rings (SSSR count). The van der Waals surface area contributed by atoms with Crippen molar-refractivity contribution in [2.45, 2.75) is 52.1 Å². The van der Waals surface area contributed by atoms with Gasteiger partial charge in [0.25, 0.3) is 0 Å². The van der Waals surface area contributed by atoms with Gasteiger partial charge in [-0.1, -0.05) is 31.9 Å². The van der Waals surface area contributed by atoms with E-state index in [1.54, 1.807) is 0 Å². The third-order valence-corrected chi connectivity index (χ3v) is 3.67. The summed E-state index contributed by atoms with van der Waals surface area (Å²) in [7, 11) is 0. The molecule has 1 saturated carbocycles. The van der Waals surface area contributed by atoms with E-state index in [1.807, 2.05) is 12.1 Å². The molecule has 1 aromatic heterocycles. The summed E-state index contributed by atoms with van der Waals surface area (Å²) in [6.45, 7) is 5.84. The second-order valence-electron chi connectivity index (χ2n) is 5.44. The molecule has 0 amide bonds. The molecule has 1 aliphatic carbocycles. The van der Waals surface area contributed by atoms with Crippen molar-refractivity contribution in [1.29, 1.82) is 0 Å². The Hall–Kier alpha value is -0.800. The SMILES string of the molecule is CCCC(C)COc1ccc(Cl)c(CNC2CC2)n1. The minimum Gasteiger partial charge on any atom is -0.477 e. The molecule has 0 bridgehead atoms. The van der Waals surface area contributed by atoms with Crippen molar-refractivity contribution in [3.05, 3.63) is 22.8 Å². The zero-order valence-corrected chi connectivity index (χ0v) is 12.5. The van der Waals surface area contributed by atoms with Crippen molar-refractivity contribution in [1.82, 2.24) is 10.3 Å². The summed E-state index contributed by atoms with van der Waals surface area (Å²) >= 11 is 6.15. The van der Waals surface area contributed by atoms with Gasteiger partial charge in [-0.2, -0.15) is 0 Å². The van der Waals surface area contributed by atoms with Crippen LogP contribution in [0.3, 0.4) is 0 Å². The van der Waals surface area contributed by atoms with E-state index in [0.29, 0.717) is 22.9 Å². The maximum Gasteiger partial charge on any atom is 0.213 e. The van der Waals surface area contributed by atoms with Crippen molar-refractivity contribution < 1.29 is 4.74 Å². The molecule has 1 N–H and O–H groups in total. The van der Waals surface area contributed by atoms with Crippen LogP contribution in [0.5, 0.6) is 5.88 Å². The van der Waals surface area contributed by atoms with E-state index < -0.39 is 0 Å². The average Bonchev–Trinajstić information content (AvgIpc) is 3.21. The van der Waals surface area contributed by atoms with E-state index in [2.05, 4.69) is 24.1 Å². The molecule has 1 unspecified atom stereocenters. The van der Waals surface area contributed by atoms with Gasteiger partial charge < -0.3 is 10.1 Å². The summed E-state index contributed by atoms with van der Waals surface area (Å²) in [4.78, 5) is 4.49. The predicted molar refractivity (Wildman–Crippen MR) is 78.7 cm³/mol. The highest BCUT2D eigenvalue weighted by atomic mass is 35.5. The fourth-order valence-corrected chi connectivity index (χ4v) is 2.17. The molecule has 106 valence electrons. The van der Waals surface area contributed by atoms with E-state index >= 15 is 0 Å². The Bertz CT molecular complexity index is 407. The van der Waals surface area contributed by atoms with Gasteiger partial charge in [0.2, 0.25) is 5.88 Å². The van der Waals surface area contributed by atoms with Crippen LogP contribution in [-0.4, -0.2) is 17.6 Å². The van der Waals surface area contributed by atoms with Crippen LogP contribution < -0.4 is 10.1 Å². The van der Waals surface area contributed by atoms with Crippen LogP contribution in [-0.2, 0) is 6.54 Å². The lowest BCUT2D eigenvalue weighted by Crippen LogP contribution is -2.17. The molecule has 0 radical (unpaired) electrons. The normalized spacial score (nSPS) is 16.4. The van der Waals surface area contributed by atoms with Crippen molar-refractivity contribution in [3.63, 3.8) is 0 Å². The minimum absolute atomic E-state index is 0.565. The van der Waals surface area contributed by atoms with Crippen LogP contribution in [0.25, 0.3) is 0 Å². The molecule has 1 atom stereocenters. The monoisotopic (exact) mass is 282 g/mol. The fraction of sp³-hybridized carbons (Fsp3) is 0.667. The molecule has 0 saturated heterocycles. The molecule has 0 aliphatic heterocycles. The van der Waals surface area contributed by atoms with Gasteiger partial charge in [0, 0.05) is 18.7 Å². The summed E-state index contributed by atoms with van der Waals surface area (Å²) in [5.74, 6) is 1.25. The highest BCUT2D eigenvalue weighted by Crippen LogP contribution is 2.22. The van der Waals surface area contributed by atoms with Crippen LogP contribution in [0.4, 0.5) is 0 Å². The summed E-state index contributed by atoms with van der Waals surface area (Å²) in [6.07, 6.45) is 4.91. The summed E-state index contributed by atoms with van der Waals surface area (Å²) in [6, 6.07) is 4.38. The second kappa shape index (κ2) is 7.11. The van der Waals surface area contributed by atoms with Gasteiger partial charge in [-0.15, -0.1) is 0 Å². The van der Waals surface area contributed by atoms with E-state index in [9.17, 15) is 0 Å². The van der Waals surface area contributed by atoms with Crippen molar-refractivity contribution in [3.8, 4) is 5.88 Å². The quantitative estimate of drug-likeness (QED) is 0.787. The average molecular weight is 283 g/mol. The largest absolute Gasteiger partial charge is 0.477 e. The number of rotatable bonds is 8. The zero-order chi connectivity index (χ0) is 13.7. The third-order valence-electron chi connectivity index (χ3n) is 3.33. The first-order valence-electron chi connectivity index (χ1n) is 7.20. The summed E-state index contributed by atoms with van der Waals surface area (Å²) in [5.41, 5.74) is 0.884. The van der Waals surface area contributed by atoms with E-state index in [0.717, 1.165) is 18.8 Å². The molecule has 19 heavy (non-hydrogen) atoms. The maximum absolute atomic E-state index is 6.15. The number of halogens is 1. The van der Waals surface area contributed by atoms with Crippen LogP contribution in [0.15, 0.2) is 12.1 Å². The van der Waals surface area contributed by atoms with Gasteiger partial charge in [-0.25, -0.2) is 4.98 Å². The fourth-order valence-electron chi connectivity index (χ4n) is 2.00. The van der Waals surface area contributed by atoms with Crippen LogP contribution >= 0.6 is 11.6 Å². The van der Waals surface area contributed by atoms with Crippen molar-refractivity contribution >= 4 is 11.6 Å². The van der Waals surface area contributed by atoms with Gasteiger partial charge in [-0.3, -0.25) is 0 Å². The summed E-state index contributed by atoms with van der Waals surface area (Å²) in [5, 5.41) is 4.13. The van der Waals surface area contributed by atoms with Gasteiger partial charge in [-0.05, 0) is 31.2 Å². The molecule has 1 heterocycles. The molecule has 4 heteroatoms. The van der Waals surface area contributed by atoms with E-state index in [-0.39, 0.29) is 0 Å². The van der Waals surface area contributed by atoms with Gasteiger partial charge in [0.05, 0.1) is 17.3 Å². The number of hydrogen-bond acceptors (Lipinski definition) is 3. The molecular weight excluding hydrogens is 260 g/mol. The molecule has 1 aromatic rings. The zero-order valence-electron chi connectivity index (χ0n) is 11.8. The number of nitrogens with one attached hydrogen (secondary N) is 1. The minimum atomic E-state index is 0.565. The first-order valence-corrected chi connectivity index (χ1v) is 7.58. The van der Waals surface area contributed by atoms with E-state index in [1.165, 1.54) is 25.7 Å². The Morgan fingerprint density at radius 3 is 2.95 bits per heavy atom. The van der Waals surface area contributed by atoms with Crippen LogP contribution in [0.1, 0.15) is 45.2 Å². The number of ether oxygens (including phenoxy) is 1. The number of aromatic nitrogens is 1. The third kappa shape index (κ3) is 5.00. The predicted octanol–water partition coefficient (Wildman–Crippen LogP) is 3.80. The molecule has 0 spiro atoms. The number of pyridine rings is 1. The Morgan fingerprint density at radius 2 is 2.26 bits per heavy atom. The summed E-state index contributed by atoms with van der Waals surface area (Å²) < 4.78 is 5.74. The Kier molecular flexibility index (Phi) is 5.46. The smallest absolute Gasteiger partial charge is 0.213 e. The highest BCUT2D eigenvalue weighted by Gasteiger charge is 2.20. The topological polar surface area (TPSA) is 34.1 Å². The number of hydrogen-bond donors (Lipinski definition) is 1. The molecule has 3 nitrogen and oxygen atoms in total. The van der Waals surface area contributed by atoms with Crippen LogP contribution in [0, 0.1) is 5.92 Å². The van der Waals surface area contributed by atoms with Gasteiger partial charge >= 0.3 is 0 Å². The lowest BCUT2D eigenvalue weighted by atomic mass is 10.1. The molecule has 1 aliphatic rings. The molecular formula is C15H23ClN2O. The maximum atomic E-state index is 6.15. The first-order chi connectivity index (χ1) is 9.19. The Balaban J connectivity index is 1.87. The number of nitrogens with zero attached hydrogens (tertiary/aromatic N) is 1. The first kappa shape index (κ1) is 14.6. The lowest BCUT2D eigenvalue weighted by Gasteiger charge is -2.13. The lowest BCUT2D eigenvalue weighted by molar-refractivity contribution is 0.242. The standard InChI is InChI=1S/C15H23ClN2O/c1-3-4-11(2)10-19-15-8-7-13(16)14(18-15)9-17-12-5-6-12/h7-8,11-12,17H,3-6,9-10H2,1-2H3. The van der Waals surface area contributed by atoms with Crippen molar-refractivity contribution in [2.75, 3.05) is 6.61 Å². The van der Waals surface area contributed by atoms with Crippen molar-refractivity contribution in [2.24, 2.45) is 5.92 Å².